The maximum Gasteiger partial charge on any atom is 0.257 e. The van der Waals surface area contributed by atoms with Gasteiger partial charge in [0.25, 0.3) is 6.43 Å². The first-order chi connectivity index (χ1) is 7.66. The Kier molecular flexibility index (Phi) is 3.33. The number of aromatic nitrogens is 4. The van der Waals surface area contributed by atoms with Gasteiger partial charge >= 0.3 is 0 Å². The van der Waals surface area contributed by atoms with Crippen molar-refractivity contribution in [2.24, 2.45) is 0 Å². The van der Waals surface area contributed by atoms with Crippen LogP contribution in [0.25, 0.3) is 0 Å². The summed E-state index contributed by atoms with van der Waals surface area (Å²) >= 11 is 3.26. The normalized spacial score (nSPS) is 11.2. The lowest BCUT2D eigenvalue weighted by atomic mass is 10.3. The van der Waals surface area contributed by atoms with Crippen molar-refractivity contribution in [2.45, 2.75) is 19.5 Å². The Balaban J connectivity index is 2.14. The summed E-state index contributed by atoms with van der Waals surface area (Å²) in [4.78, 5) is 3.90. The molecule has 0 bridgehead atoms. The summed E-state index contributed by atoms with van der Waals surface area (Å²) in [6.45, 7) is 0.161. The summed E-state index contributed by atoms with van der Waals surface area (Å²) in [7, 11) is 0. The minimum Gasteiger partial charge on any atom is -0.333 e. The van der Waals surface area contributed by atoms with E-state index in [1.54, 1.807) is 24.9 Å². The molecule has 86 valence electrons. The van der Waals surface area contributed by atoms with E-state index in [0.717, 1.165) is 5.56 Å². The van der Waals surface area contributed by atoms with Crippen LogP contribution in [0.4, 0.5) is 8.78 Å². The summed E-state index contributed by atoms with van der Waals surface area (Å²) in [5, 5.41) is 3.89. The number of hydrogen-bond donors (Lipinski definition) is 0. The van der Waals surface area contributed by atoms with E-state index in [0.29, 0.717) is 11.1 Å². The van der Waals surface area contributed by atoms with Crippen LogP contribution in [-0.2, 0) is 13.1 Å². The van der Waals surface area contributed by atoms with E-state index >= 15 is 0 Å². The van der Waals surface area contributed by atoms with Gasteiger partial charge in [-0.1, -0.05) is 0 Å². The SMILES string of the molecule is FC(F)Cn1ncc(Cn2ccnc2)c1Br. The number of hydrogen-bond acceptors (Lipinski definition) is 2. The van der Waals surface area contributed by atoms with Crippen LogP contribution < -0.4 is 0 Å². The highest BCUT2D eigenvalue weighted by Gasteiger charge is 2.12. The summed E-state index contributed by atoms with van der Waals surface area (Å²) in [5.41, 5.74) is 0.846. The molecule has 0 unspecified atom stereocenters. The van der Waals surface area contributed by atoms with Crippen LogP contribution >= 0.6 is 15.9 Å². The van der Waals surface area contributed by atoms with Gasteiger partial charge in [-0.15, -0.1) is 0 Å². The van der Waals surface area contributed by atoms with Gasteiger partial charge in [0.15, 0.2) is 0 Å². The van der Waals surface area contributed by atoms with Crippen molar-refractivity contribution in [2.75, 3.05) is 0 Å². The van der Waals surface area contributed by atoms with Gasteiger partial charge in [0, 0.05) is 18.0 Å². The smallest absolute Gasteiger partial charge is 0.257 e. The Morgan fingerprint density at radius 2 is 2.25 bits per heavy atom. The van der Waals surface area contributed by atoms with Crippen LogP contribution in [0.15, 0.2) is 29.5 Å². The minimum absolute atomic E-state index is 0.398. The second-order valence-electron chi connectivity index (χ2n) is 3.27. The maximum absolute atomic E-state index is 12.2. The Morgan fingerprint density at radius 1 is 1.44 bits per heavy atom. The zero-order valence-electron chi connectivity index (χ0n) is 8.22. The van der Waals surface area contributed by atoms with Crippen molar-refractivity contribution in [3.05, 3.63) is 35.1 Å². The second-order valence-corrected chi connectivity index (χ2v) is 4.02. The van der Waals surface area contributed by atoms with Crippen molar-refractivity contribution in [1.82, 2.24) is 19.3 Å². The summed E-state index contributed by atoms with van der Waals surface area (Å²) < 4.78 is 28.1. The maximum atomic E-state index is 12.2. The molecule has 0 radical (unpaired) electrons. The second kappa shape index (κ2) is 4.73. The van der Waals surface area contributed by atoms with Crippen LogP contribution in [0.1, 0.15) is 5.56 Å². The molecule has 2 rings (SSSR count). The van der Waals surface area contributed by atoms with Gasteiger partial charge in [-0.05, 0) is 15.9 Å². The molecule has 7 heteroatoms. The molecule has 0 aliphatic carbocycles. The Labute approximate surface area is 99.0 Å². The Bertz CT molecular complexity index is 452. The predicted octanol–water partition coefficient (Wildman–Crippen LogP) is 2.16. The van der Waals surface area contributed by atoms with E-state index in [4.69, 9.17) is 0 Å². The number of imidazole rings is 1. The number of alkyl halides is 2. The van der Waals surface area contributed by atoms with E-state index in [1.165, 1.54) is 4.68 Å². The minimum atomic E-state index is -2.41. The van der Waals surface area contributed by atoms with Gasteiger partial charge in [0.2, 0.25) is 0 Å². The molecule has 0 saturated heterocycles. The third kappa shape index (κ3) is 2.46. The van der Waals surface area contributed by atoms with Gasteiger partial charge in [-0.2, -0.15) is 5.10 Å². The molecule has 0 amide bonds. The molecule has 0 aliphatic rings. The fraction of sp³-hybridized carbons (Fsp3) is 0.333. The molecule has 0 aliphatic heterocycles. The van der Waals surface area contributed by atoms with E-state index in [-0.39, 0.29) is 0 Å². The molecule has 0 N–H and O–H groups in total. The van der Waals surface area contributed by atoms with Gasteiger partial charge in [0.1, 0.15) is 11.1 Å². The van der Waals surface area contributed by atoms with E-state index in [1.807, 2.05) is 4.57 Å². The molecule has 2 aromatic heterocycles. The van der Waals surface area contributed by atoms with Crippen molar-refractivity contribution in [3.8, 4) is 0 Å². The van der Waals surface area contributed by atoms with E-state index in [9.17, 15) is 8.78 Å². The lowest BCUT2D eigenvalue weighted by Crippen LogP contribution is -2.08. The van der Waals surface area contributed by atoms with Gasteiger partial charge in [0.05, 0.1) is 19.1 Å². The molecule has 0 atom stereocenters. The van der Waals surface area contributed by atoms with Gasteiger partial charge in [-0.25, -0.2) is 13.8 Å². The summed E-state index contributed by atoms with van der Waals surface area (Å²) in [5.74, 6) is 0. The van der Waals surface area contributed by atoms with Crippen molar-refractivity contribution in [1.29, 1.82) is 0 Å². The van der Waals surface area contributed by atoms with Crippen LogP contribution in [0.5, 0.6) is 0 Å². The standard InChI is InChI=1S/C9H9BrF2N4/c10-9-7(4-15-2-1-13-6-15)3-14-16(9)5-8(11)12/h1-3,6,8H,4-5H2. The highest BCUT2D eigenvalue weighted by atomic mass is 79.9. The van der Waals surface area contributed by atoms with Crippen molar-refractivity contribution < 1.29 is 8.78 Å². The molecule has 2 heterocycles. The highest BCUT2D eigenvalue weighted by molar-refractivity contribution is 9.10. The van der Waals surface area contributed by atoms with Crippen LogP contribution in [0.3, 0.4) is 0 Å². The number of halogens is 3. The van der Waals surface area contributed by atoms with E-state index < -0.39 is 13.0 Å². The molecule has 16 heavy (non-hydrogen) atoms. The lowest BCUT2D eigenvalue weighted by Gasteiger charge is -2.03. The van der Waals surface area contributed by atoms with Gasteiger partial charge < -0.3 is 4.57 Å². The summed E-state index contributed by atoms with van der Waals surface area (Å²) in [6, 6.07) is 0. The quantitative estimate of drug-likeness (QED) is 0.865. The molecule has 4 nitrogen and oxygen atoms in total. The molecule has 0 aromatic carbocycles. The molecule has 0 saturated carbocycles. The van der Waals surface area contributed by atoms with Crippen molar-refractivity contribution >= 4 is 15.9 Å². The topological polar surface area (TPSA) is 35.6 Å². The monoisotopic (exact) mass is 290 g/mol. The number of rotatable bonds is 4. The highest BCUT2D eigenvalue weighted by Crippen LogP contribution is 2.18. The molecule has 2 aromatic rings. The third-order valence-corrected chi connectivity index (χ3v) is 2.99. The average molecular weight is 291 g/mol. The Morgan fingerprint density at radius 3 is 2.88 bits per heavy atom. The first-order valence-corrected chi connectivity index (χ1v) is 5.40. The predicted molar refractivity (Wildman–Crippen MR) is 57.3 cm³/mol. The largest absolute Gasteiger partial charge is 0.333 e. The molecule has 0 fully saturated rings. The van der Waals surface area contributed by atoms with Gasteiger partial charge in [-0.3, -0.25) is 4.68 Å². The zero-order chi connectivity index (χ0) is 11.5. The number of nitrogens with zero attached hydrogens (tertiary/aromatic N) is 4. The zero-order valence-corrected chi connectivity index (χ0v) is 9.81. The first-order valence-electron chi connectivity index (χ1n) is 4.61. The van der Waals surface area contributed by atoms with Crippen LogP contribution in [-0.4, -0.2) is 25.8 Å². The third-order valence-electron chi connectivity index (χ3n) is 2.07. The summed E-state index contributed by atoms with van der Waals surface area (Å²) in [6.07, 6.45) is 4.30. The van der Waals surface area contributed by atoms with Crippen molar-refractivity contribution in [3.63, 3.8) is 0 Å². The molecule has 0 spiro atoms. The fourth-order valence-corrected chi connectivity index (χ4v) is 1.81. The van der Waals surface area contributed by atoms with E-state index in [2.05, 4.69) is 26.0 Å². The lowest BCUT2D eigenvalue weighted by molar-refractivity contribution is 0.121. The first kappa shape index (κ1) is 11.3. The van der Waals surface area contributed by atoms with Crippen LogP contribution in [0.2, 0.25) is 0 Å². The fourth-order valence-electron chi connectivity index (χ4n) is 1.35. The molecular weight excluding hydrogens is 282 g/mol. The van der Waals surface area contributed by atoms with Crippen LogP contribution in [0, 0.1) is 0 Å². The molecular formula is C9H9BrF2N4. The Hall–Kier alpha value is -1.24. The average Bonchev–Trinajstić information content (AvgIpc) is 2.82.